The van der Waals surface area contributed by atoms with E-state index in [1.165, 1.54) is 17.8 Å². The second-order valence-corrected chi connectivity index (χ2v) is 6.73. The van der Waals surface area contributed by atoms with E-state index in [4.69, 9.17) is 9.15 Å². The Morgan fingerprint density at radius 2 is 2.00 bits per heavy atom. The standard InChI is InChI=1S/C22H18N2O3S/c1-2-26-18-8-6-7-17(14-18)24-22(25)16(15-23)13-19-11-12-21(27-19)28-20-9-4-3-5-10-20/h3-14H,2H2,1H3,(H,24,25)/b16-13-. The first kappa shape index (κ1) is 19.3. The van der Waals surface area contributed by atoms with E-state index >= 15 is 0 Å². The van der Waals surface area contributed by atoms with Gasteiger partial charge in [-0.05, 0) is 43.3 Å². The summed E-state index contributed by atoms with van der Waals surface area (Å²) in [4.78, 5) is 13.5. The van der Waals surface area contributed by atoms with Gasteiger partial charge in [0, 0.05) is 22.7 Å². The molecule has 1 heterocycles. The topological polar surface area (TPSA) is 75.3 Å². The minimum atomic E-state index is -0.509. The predicted molar refractivity (Wildman–Crippen MR) is 109 cm³/mol. The molecule has 0 fully saturated rings. The van der Waals surface area contributed by atoms with Gasteiger partial charge in [0.2, 0.25) is 0 Å². The zero-order chi connectivity index (χ0) is 19.8. The van der Waals surface area contributed by atoms with Gasteiger partial charge in [-0.3, -0.25) is 4.79 Å². The molecule has 6 heteroatoms. The number of hydrogen-bond donors (Lipinski definition) is 1. The smallest absolute Gasteiger partial charge is 0.266 e. The van der Waals surface area contributed by atoms with Crippen LogP contribution in [0.3, 0.4) is 0 Å². The first-order valence-corrected chi connectivity index (χ1v) is 9.48. The Bertz CT molecular complexity index is 1020. The number of carbonyl (C=O) groups is 1. The fourth-order valence-electron chi connectivity index (χ4n) is 2.39. The van der Waals surface area contributed by atoms with Crippen molar-refractivity contribution in [1.29, 1.82) is 5.26 Å². The molecule has 1 amide bonds. The van der Waals surface area contributed by atoms with Crippen molar-refractivity contribution in [3.8, 4) is 11.8 Å². The van der Waals surface area contributed by atoms with Gasteiger partial charge in [-0.15, -0.1) is 0 Å². The molecule has 1 N–H and O–H groups in total. The van der Waals surface area contributed by atoms with E-state index in [2.05, 4.69) is 5.32 Å². The van der Waals surface area contributed by atoms with Crippen LogP contribution in [-0.4, -0.2) is 12.5 Å². The summed E-state index contributed by atoms with van der Waals surface area (Å²) in [6, 6.07) is 22.3. The molecule has 0 atom stereocenters. The molecule has 0 saturated heterocycles. The van der Waals surface area contributed by atoms with Crippen molar-refractivity contribution in [3.63, 3.8) is 0 Å². The summed E-state index contributed by atoms with van der Waals surface area (Å²) >= 11 is 1.47. The number of furan rings is 1. The Hall–Kier alpha value is -3.43. The average molecular weight is 390 g/mol. The van der Waals surface area contributed by atoms with Crippen LogP contribution in [0.25, 0.3) is 6.08 Å². The van der Waals surface area contributed by atoms with Crippen LogP contribution >= 0.6 is 11.8 Å². The largest absolute Gasteiger partial charge is 0.494 e. The van der Waals surface area contributed by atoms with Gasteiger partial charge >= 0.3 is 0 Å². The number of hydrogen-bond acceptors (Lipinski definition) is 5. The Labute approximate surface area is 167 Å². The molecule has 0 aliphatic rings. The van der Waals surface area contributed by atoms with Gasteiger partial charge in [-0.1, -0.05) is 36.0 Å². The van der Waals surface area contributed by atoms with E-state index in [9.17, 15) is 10.1 Å². The molecule has 0 bridgehead atoms. The molecule has 0 unspecified atom stereocenters. The lowest BCUT2D eigenvalue weighted by Crippen LogP contribution is -2.13. The van der Waals surface area contributed by atoms with Crippen molar-refractivity contribution >= 4 is 29.4 Å². The number of nitrogens with one attached hydrogen (secondary N) is 1. The molecule has 0 radical (unpaired) electrons. The van der Waals surface area contributed by atoms with Crippen molar-refractivity contribution in [2.75, 3.05) is 11.9 Å². The predicted octanol–water partition coefficient (Wildman–Crippen LogP) is 5.38. The number of nitrogens with zero attached hydrogens (tertiary/aromatic N) is 1. The maximum absolute atomic E-state index is 12.4. The summed E-state index contributed by atoms with van der Waals surface area (Å²) in [7, 11) is 0. The Morgan fingerprint density at radius 3 is 2.75 bits per heavy atom. The highest BCUT2D eigenvalue weighted by Crippen LogP contribution is 2.29. The van der Waals surface area contributed by atoms with E-state index in [1.54, 1.807) is 30.3 Å². The van der Waals surface area contributed by atoms with Gasteiger partial charge in [0.25, 0.3) is 5.91 Å². The Morgan fingerprint density at radius 1 is 1.18 bits per heavy atom. The molecule has 0 aliphatic carbocycles. The van der Waals surface area contributed by atoms with Crippen molar-refractivity contribution in [1.82, 2.24) is 0 Å². The summed E-state index contributed by atoms with van der Waals surface area (Å²) in [5.41, 5.74) is 0.504. The number of amides is 1. The molecule has 140 valence electrons. The molecular formula is C22H18N2O3S. The third-order valence-corrected chi connectivity index (χ3v) is 4.55. The number of rotatable bonds is 7. The molecule has 0 saturated carbocycles. The van der Waals surface area contributed by atoms with Crippen LogP contribution in [-0.2, 0) is 4.79 Å². The second-order valence-electron chi connectivity index (χ2n) is 5.66. The lowest BCUT2D eigenvalue weighted by Gasteiger charge is -2.07. The molecule has 5 nitrogen and oxygen atoms in total. The van der Waals surface area contributed by atoms with Gasteiger partial charge in [-0.25, -0.2) is 0 Å². The number of benzene rings is 2. The molecular weight excluding hydrogens is 372 g/mol. The number of nitriles is 1. The maximum Gasteiger partial charge on any atom is 0.266 e. The van der Waals surface area contributed by atoms with Gasteiger partial charge < -0.3 is 14.5 Å². The van der Waals surface area contributed by atoms with Crippen molar-refractivity contribution < 1.29 is 13.9 Å². The lowest BCUT2D eigenvalue weighted by atomic mass is 10.2. The van der Waals surface area contributed by atoms with E-state index in [-0.39, 0.29) is 5.57 Å². The summed E-state index contributed by atoms with van der Waals surface area (Å²) in [5, 5.41) is 12.7. The summed E-state index contributed by atoms with van der Waals surface area (Å²) < 4.78 is 11.1. The van der Waals surface area contributed by atoms with Crippen LogP contribution in [0.1, 0.15) is 12.7 Å². The molecule has 3 aromatic rings. The number of anilines is 1. The van der Waals surface area contributed by atoms with Gasteiger partial charge in [0.15, 0.2) is 5.09 Å². The Kier molecular flexibility index (Phi) is 6.55. The molecule has 1 aromatic heterocycles. The molecule has 3 rings (SSSR count). The molecule has 0 spiro atoms. The average Bonchev–Trinajstić information content (AvgIpc) is 3.14. The van der Waals surface area contributed by atoms with Crippen molar-refractivity contribution in [3.05, 3.63) is 78.1 Å². The van der Waals surface area contributed by atoms with Crippen LogP contribution < -0.4 is 10.1 Å². The van der Waals surface area contributed by atoms with E-state index in [0.29, 0.717) is 28.9 Å². The molecule has 28 heavy (non-hydrogen) atoms. The Balaban J connectivity index is 1.70. The van der Waals surface area contributed by atoms with Crippen molar-refractivity contribution in [2.45, 2.75) is 16.9 Å². The summed E-state index contributed by atoms with van der Waals surface area (Å²) in [6.07, 6.45) is 1.43. The highest BCUT2D eigenvalue weighted by atomic mass is 32.2. The fourth-order valence-corrected chi connectivity index (χ4v) is 3.19. The zero-order valence-electron chi connectivity index (χ0n) is 15.2. The first-order chi connectivity index (χ1) is 13.7. The van der Waals surface area contributed by atoms with Gasteiger partial charge in [-0.2, -0.15) is 5.26 Å². The molecule has 2 aromatic carbocycles. The quantitative estimate of drug-likeness (QED) is 0.433. The van der Waals surface area contributed by atoms with Gasteiger partial charge in [0.1, 0.15) is 23.2 Å². The van der Waals surface area contributed by atoms with Crippen LogP contribution in [0.15, 0.2) is 86.7 Å². The first-order valence-electron chi connectivity index (χ1n) is 8.66. The zero-order valence-corrected chi connectivity index (χ0v) is 16.0. The number of ether oxygens (including phenoxy) is 1. The fraction of sp³-hybridized carbons (Fsp3) is 0.0909. The van der Waals surface area contributed by atoms with Crippen LogP contribution in [0.4, 0.5) is 5.69 Å². The van der Waals surface area contributed by atoms with Crippen LogP contribution in [0, 0.1) is 11.3 Å². The van der Waals surface area contributed by atoms with E-state index < -0.39 is 5.91 Å². The van der Waals surface area contributed by atoms with Crippen molar-refractivity contribution in [2.24, 2.45) is 0 Å². The minimum absolute atomic E-state index is 0.0487. The monoisotopic (exact) mass is 390 g/mol. The van der Waals surface area contributed by atoms with Crippen LogP contribution in [0.2, 0.25) is 0 Å². The van der Waals surface area contributed by atoms with Gasteiger partial charge in [0.05, 0.1) is 6.61 Å². The summed E-state index contributed by atoms with van der Waals surface area (Å²) in [5.74, 6) is 0.578. The van der Waals surface area contributed by atoms with E-state index in [1.807, 2.05) is 49.4 Å². The second kappa shape index (κ2) is 9.49. The highest BCUT2D eigenvalue weighted by Gasteiger charge is 2.12. The highest BCUT2D eigenvalue weighted by molar-refractivity contribution is 7.99. The third kappa shape index (κ3) is 5.29. The normalized spacial score (nSPS) is 10.9. The third-order valence-electron chi connectivity index (χ3n) is 3.62. The minimum Gasteiger partial charge on any atom is -0.494 e. The molecule has 0 aliphatic heterocycles. The maximum atomic E-state index is 12.4. The SMILES string of the molecule is CCOc1cccc(NC(=O)/C(C#N)=C\c2ccc(Sc3ccccc3)o2)c1. The summed E-state index contributed by atoms with van der Waals surface area (Å²) in [6.45, 7) is 2.41. The lowest BCUT2D eigenvalue weighted by molar-refractivity contribution is -0.112. The number of carbonyl (C=O) groups excluding carboxylic acids is 1. The van der Waals surface area contributed by atoms with E-state index in [0.717, 1.165) is 4.90 Å². The van der Waals surface area contributed by atoms with Crippen LogP contribution in [0.5, 0.6) is 5.75 Å².